The molecule has 0 saturated carbocycles. The number of carboxylic acids is 1. The molecule has 0 bridgehead atoms. The van der Waals surface area contributed by atoms with Crippen molar-refractivity contribution in [2.24, 2.45) is 5.92 Å². The minimum atomic E-state index is -0.825. The molecular formula is C14H23NO3S. The molecular weight excluding hydrogens is 262 g/mol. The predicted octanol–water partition coefficient (Wildman–Crippen LogP) is 2.65. The van der Waals surface area contributed by atoms with Crippen molar-refractivity contribution in [1.82, 2.24) is 5.32 Å². The zero-order valence-corrected chi connectivity index (χ0v) is 12.3. The van der Waals surface area contributed by atoms with Gasteiger partial charge in [0.25, 0.3) is 0 Å². The molecule has 0 aliphatic heterocycles. The molecule has 2 atom stereocenters. The Labute approximate surface area is 118 Å². The van der Waals surface area contributed by atoms with E-state index in [2.05, 4.69) is 19.2 Å². The first-order chi connectivity index (χ1) is 9.00. The molecule has 1 rings (SSSR count). The molecule has 0 aliphatic carbocycles. The van der Waals surface area contributed by atoms with Crippen molar-refractivity contribution in [1.29, 1.82) is 0 Å². The molecule has 1 aromatic heterocycles. The molecule has 0 radical (unpaired) electrons. The Kier molecular flexibility index (Phi) is 7.05. The Morgan fingerprint density at radius 2 is 2.16 bits per heavy atom. The molecule has 0 fully saturated rings. The van der Waals surface area contributed by atoms with Crippen LogP contribution in [0.5, 0.6) is 0 Å². The van der Waals surface area contributed by atoms with Crippen LogP contribution in [-0.4, -0.2) is 28.8 Å². The number of aliphatic carboxylic acids is 1. The molecule has 0 spiro atoms. The van der Waals surface area contributed by atoms with Gasteiger partial charge in [0.1, 0.15) is 6.10 Å². The Balaban J connectivity index is 2.54. The van der Waals surface area contributed by atoms with Crippen molar-refractivity contribution in [3.63, 3.8) is 0 Å². The predicted molar refractivity (Wildman–Crippen MR) is 77.4 cm³/mol. The summed E-state index contributed by atoms with van der Waals surface area (Å²) < 4.78 is 0. The summed E-state index contributed by atoms with van der Waals surface area (Å²) in [6, 6.07) is 3.58. The topological polar surface area (TPSA) is 69.6 Å². The monoisotopic (exact) mass is 285 g/mol. The normalized spacial score (nSPS) is 14.5. The SMILES string of the molecule is CC(C)CCNC(CCC(=O)O)C(O)c1cccs1. The van der Waals surface area contributed by atoms with E-state index in [1.807, 2.05) is 17.5 Å². The molecule has 19 heavy (non-hydrogen) atoms. The van der Waals surface area contributed by atoms with E-state index in [9.17, 15) is 9.90 Å². The second-order valence-electron chi connectivity index (χ2n) is 5.14. The molecule has 108 valence electrons. The van der Waals surface area contributed by atoms with Gasteiger partial charge in [0.15, 0.2) is 0 Å². The molecule has 3 N–H and O–H groups in total. The Morgan fingerprint density at radius 1 is 1.42 bits per heavy atom. The average molecular weight is 285 g/mol. The lowest BCUT2D eigenvalue weighted by Gasteiger charge is -2.23. The van der Waals surface area contributed by atoms with Gasteiger partial charge in [-0.2, -0.15) is 0 Å². The van der Waals surface area contributed by atoms with Crippen LogP contribution in [0.25, 0.3) is 0 Å². The standard InChI is InChI=1S/C14H23NO3S/c1-10(2)7-8-15-11(5-6-13(16)17)14(18)12-4-3-9-19-12/h3-4,9-11,14-15,18H,5-8H2,1-2H3,(H,16,17). The third-order valence-electron chi connectivity index (χ3n) is 3.01. The van der Waals surface area contributed by atoms with Crippen molar-refractivity contribution in [2.75, 3.05) is 6.54 Å². The fourth-order valence-corrected chi connectivity index (χ4v) is 2.64. The highest BCUT2D eigenvalue weighted by atomic mass is 32.1. The van der Waals surface area contributed by atoms with Gasteiger partial charge in [-0.1, -0.05) is 19.9 Å². The van der Waals surface area contributed by atoms with E-state index < -0.39 is 12.1 Å². The summed E-state index contributed by atoms with van der Waals surface area (Å²) in [4.78, 5) is 11.6. The van der Waals surface area contributed by atoms with Gasteiger partial charge in [0.2, 0.25) is 0 Å². The molecule has 0 amide bonds. The van der Waals surface area contributed by atoms with Crippen LogP contribution >= 0.6 is 11.3 Å². The molecule has 5 heteroatoms. The van der Waals surface area contributed by atoms with Crippen molar-refractivity contribution in [2.45, 2.75) is 45.3 Å². The lowest BCUT2D eigenvalue weighted by molar-refractivity contribution is -0.137. The Bertz CT molecular complexity index is 365. The number of rotatable bonds is 9. The van der Waals surface area contributed by atoms with E-state index in [0.717, 1.165) is 17.8 Å². The van der Waals surface area contributed by atoms with Crippen molar-refractivity contribution in [3.05, 3.63) is 22.4 Å². The van der Waals surface area contributed by atoms with Gasteiger partial charge in [0.05, 0.1) is 0 Å². The van der Waals surface area contributed by atoms with Gasteiger partial charge in [-0.15, -0.1) is 11.3 Å². The van der Waals surface area contributed by atoms with E-state index in [-0.39, 0.29) is 12.5 Å². The smallest absolute Gasteiger partial charge is 0.303 e. The lowest BCUT2D eigenvalue weighted by atomic mass is 10.0. The quantitative estimate of drug-likeness (QED) is 0.652. The first kappa shape index (κ1) is 16.1. The zero-order chi connectivity index (χ0) is 14.3. The van der Waals surface area contributed by atoms with Crippen LogP contribution < -0.4 is 5.32 Å². The van der Waals surface area contributed by atoms with Crippen LogP contribution in [0.2, 0.25) is 0 Å². The van der Waals surface area contributed by atoms with Crippen LogP contribution in [0.1, 0.15) is 44.1 Å². The van der Waals surface area contributed by atoms with Crippen LogP contribution in [0, 0.1) is 5.92 Å². The van der Waals surface area contributed by atoms with Gasteiger partial charge < -0.3 is 15.5 Å². The van der Waals surface area contributed by atoms with E-state index in [4.69, 9.17) is 5.11 Å². The summed E-state index contributed by atoms with van der Waals surface area (Å²) in [6.07, 6.45) is 0.890. The number of hydrogen-bond donors (Lipinski definition) is 3. The largest absolute Gasteiger partial charge is 0.481 e. The van der Waals surface area contributed by atoms with Gasteiger partial charge in [-0.3, -0.25) is 4.79 Å². The fraction of sp³-hybridized carbons (Fsp3) is 0.643. The molecule has 0 aromatic carbocycles. The van der Waals surface area contributed by atoms with Crippen molar-refractivity contribution >= 4 is 17.3 Å². The molecule has 1 heterocycles. The highest BCUT2D eigenvalue weighted by Gasteiger charge is 2.22. The van der Waals surface area contributed by atoms with E-state index in [1.165, 1.54) is 11.3 Å². The Morgan fingerprint density at radius 3 is 2.68 bits per heavy atom. The van der Waals surface area contributed by atoms with E-state index in [0.29, 0.717) is 12.3 Å². The summed E-state index contributed by atoms with van der Waals surface area (Å²) >= 11 is 1.50. The molecule has 2 unspecified atom stereocenters. The van der Waals surface area contributed by atoms with Gasteiger partial charge >= 0.3 is 5.97 Å². The van der Waals surface area contributed by atoms with Crippen LogP contribution in [-0.2, 0) is 4.79 Å². The maximum Gasteiger partial charge on any atom is 0.303 e. The lowest BCUT2D eigenvalue weighted by Crippen LogP contribution is -2.36. The van der Waals surface area contributed by atoms with Gasteiger partial charge in [-0.05, 0) is 36.8 Å². The Hall–Kier alpha value is -0.910. The third kappa shape index (κ3) is 6.18. The van der Waals surface area contributed by atoms with Gasteiger partial charge in [0, 0.05) is 17.3 Å². The number of aliphatic hydroxyl groups excluding tert-OH is 1. The maximum absolute atomic E-state index is 10.7. The minimum Gasteiger partial charge on any atom is -0.481 e. The van der Waals surface area contributed by atoms with Crippen molar-refractivity contribution < 1.29 is 15.0 Å². The highest BCUT2D eigenvalue weighted by molar-refractivity contribution is 7.10. The van der Waals surface area contributed by atoms with Gasteiger partial charge in [-0.25, -0.2) is 0 Å². The maximum atomic E-state index is 10.7. The van der Waals surface area contributed by atoms with E-state index >= 15 is 0 Å². The molecule has 4 nitrogen and oxygen atoms in total. The number of hydrogen-bond acceptors (Lipinski definition) is 4. The summed E-state index contributed by atoms with van der Waals surface area (Å²) in [7, 11) is 0. The third-order valence-corrected chi connectivity index (χ3v) is 3.96. The van der Waals surface area contributed by atoms with E-state index in [1.54, 1.807) is 0 Å². The number of aliphatic hydroxyl groups is 1. The summed E-state index contributed by atoms with van der Waals surface area (Å²) in [6.45, 7) is 5.08. The zero-order valence-electron chi connectivity index (χ0n) is 11.5. The van der Waals surface area contributed by atoms with Crippen LogP contribution in [0.4, 0.5) is 0 Å². The second-order valence-corrected chi connectivity index (χ2v) is 6.12. The molecule has 0 saturated heterocycles. The summed E-state index contributed by atoms with van der Waals surface area (Å²) in [5, 5.41) is 24.3. The summed E-state index contributed by atoms with van der Waals surface area (Å²) in [5.41, 5.74) is 0. The first-order valence-electron chi connectivity index (χ1n) is 6.67. The number of carboxylic acid groups (broad SMARTS) is 1. The highest BCUT2D eigenvalue weighted by Crippen LogP contribution is 2.24. The number of nitrogens with one attached hydrogen (secondary N) is 1. The van der Waals surface area contributed by atoms with Crippen LogP contribution in [0.15, 0.2) is 17.5 Å². The minimum absolute atomic E-state index is 0.0712. The number of thiophene rings is 1. The summed E-state index contributed by atoms with van der Waals surface area (Å²) in [5.74, 6) is -0.236. The fourth-order valence-electron chi connectivity index (χ4n) is 1.87. The van der Waals surface area contributed by atoms with Crippen LogP contribution in [0.3, 0.4) is 0 Å². The average Bonchev–Trinajstić information content (AvgIpc) is 2.85. The van der Waals surface area contributed by atoms with Crippen molar-refractivity contribution in [3.8, 4) is 0 Å². The number of carbonyl (C=O) groups is 1. The molecule has 0 aliphatic rings. The molecule has 1 aromatic rings. The first-order valence-corrected chi connectivity index (χ1v) is 7.55. The second kappa shape index (κ2) is 8.30.